The average molecular weight is 498 g/mol. The third-order valence-corrected chi connectivity index (χ3v) is 7.18. The highest BCUT2D eigenvalue weighted by molar-refractivity contribution is 5.70. The SMILES string of the molecule is CCCCCCCCCCCCCCN(CCCCCCCCCCCCCC)CC(=O)OOC. The molecule has 0 N–H and O–H groups in total. The zero-order chi connectivity index (χ0) is 25.7. The van der Waals surface area contributed by atoms with Gasteiger partial charge in [-0.25, -0.2) is 4.79 Å². The lowest BCUT2D eigenvalue weighted by Crippen LogP contribution is -2.32. The van der Waals surface area contributed by atoms with Crippen molar-refractivity contribution < 1.29 is 14.6 Å². The van der Waals surface area contributed by atoms with E-state index in [4.69, 9.17) is 4.89 Å². The van der Waals surface area contributed by atoms with Gasteiger partial charge in [-0.05, 0) is 25.9 Å². The van der Waals surface area contributed by atoms with E-state index in [2.05, 4.69) is 23.6 Å². The molecule has 0 fully saturated rings. The van der Waals surface area contributed by atoms with Crippen LogP contribution in [0.25, 0.3) is 0 Å². The second-order valence-corrected chi connectivity index (χ2v) is 10.7. The van der Waals surface area contributed by atoms with Gasteiger partial charge in [-0.2, -0.15) is 4.89 Å². The van der Waals surface area contributed by atoms with Gasteiger partial charge in [0.1, 0.15) is 6.54 Å². The van der Waals surface area contributed by atoms with E-state index in [1.807, 2.05) is 0 Å². The zero-order valence-electron chi connectivity index (χ0n) is 24.3. The van der Waals surface area contributed by atoms with Crippen molar-refractivity contribution in [1.82, 2.24) is 4.90 Å². The number of hydrogen-bond acceptors (Lipinski definition) is 4. The second kappa shape index (κ2) is 29.6. The molecule has 0 heterocycles. The van der Waals surface area contributed by atoms with Gasteiger partial charge in [0.05, 0.1) is 7.11 Å². The highest BCUT2D eigenvalue weighted by Gasteiger charge is 2.12. The second-order valence-electron chi connectivity index (χ2n) is 10.7. The van der Waals surface area contributed by atoms with Gasteiger partial charge in [-0.1, -0.05) is 155 Å². The summed E-state index contributed by atoms with van der Waals surface area (Å²) in [6.07, 6.45) is 32.7. The molecule has 0 amide bonds. The van der Waals surface area contributed by atoms with Crippen molar-refractivity contribution in [2.45, 2.75) is 168 Å². The summed E-state index contributed by atoms with van der Waals surface area (Å²) in [5, 5.41) is 0. The fourth-order valence-electron chi connectivity index (χ4n) is 4.92. The zero-order valence-corrected chi connectivity index (χ0v) is 24.3. The molecule has 0 aromatic carbocycles. The normalized spacial score (nSPS) is 11.4. The third kappa shape index (κ3) is 27.8. The van der Waals surface area contributed by atoms with Crippen LogP contribution in [0.1, 0.15) is 168 Å². The molecule has 0 aliphatic carbocycles. The van der Waals surface area contributed by atoms with Crippen LogP contribution in [0.15, 0.2) is 0 Å². The topological polar surface area (TPSA) is 38.8 Å². The van der Waals surface area contributed by atoms with Gasteiger partial charge in [0.25, 0.3) is 0 Å². The van der Waals surface area contributed by atoms with Crippen LogP contribution in [0, 0.1) is 0 Å². The quantitative estimate of drug-likeness (QED) is 0.0585. The molecule has 4 heteroatoms. The predicted octanol–water partition coefficient (Wildman–Crippen LogP) is 9.80. The van der Waals surface area contributed by atoms with Gasteiger partial charge in [0, 0.05) is 0 Å². The van der Waals surface area contributed by atoms with E-state index < -0.39 is 0 Å². The Labute approximate surface area is 220 Å². The molecular formula is C31H63NO3. The van der Waals surface area contributed by atoms with E-state index in [0.717, 1.165) is 13.1 Å². The molecule has 0 spiro atoms. The van der Waals surface area contributed by atoms with Crippen LogP contribution in [-0.4, -0.2) is 37.6 Å². The summed E-state index contributed by atoms with van der Waals surface area (Å²) in [5.41, 5.74) is 0. The van der Waals surface area contributed by atoms with Crippen molar-refractivity contribution in [3.63, 3.8) is 0 Å². The minimum atomic E-state index is -0.273. The molecule has 35 heavy (non-hydrogen) atoms. The molecule has 0 rings (SSSR count). The molecule has 210 valence electrons. The number of carbonyl (C=O) groups is 1. The van der Waals surface area contributed by atoms with E-state index in [1.54, 1.807) is 0 Å². The monoisotopic (exact) mass is 497 g/mol. The van der Waals surface area contributed by atoms with Crippen molar-refractivity contribution in [1.29, 1.82) is 0 Å². The Morgan fingerprint density at radius 3 is 1.06 bits per heavy atom. The predicted molar refractivity (Wildman–Crippen MR) is 152 cm³/mol. The Hall–Kier alpha value is -0.610. The van der Waals surface area contributed by atoms with Gasteiger partial charge in [0.2, 0.25) is 0 Å². The van der Waals surface area contributed by atoms with Crippen LogP contribution >= 0.6 is 0 Å². The van der Waals surface area contributed by atoms with Gasteiger partial charge >= 0.3 is 5.97 Å². The summed E-state index contributed by atoms with van der Waals surface area (Å²) < 4.78 is 0. The number of rotatable bonds is 29. The summed E-state index contributed by atoms with van der Waals surface area (Å²) in [5.74, 6) is -0.273. The summed E-state index contributed by atoms with van der Waals surface area (Å²) in [6, 6.07) is 0. The lowest BCUT2D eigenvalue weighted by Gasteiger charge is -2.20. The van der Waals surface area contributed by atoms with Crippen LogP contribution in [0.3, 0.4) is 0 Å². The maximum absolute atomic E-state index is 11.9. The van der Waals surface area contributed by atoms with E-state index in [1.165, 1.54) is 161 Å². The van der Waals surface area contributed by atoms with Crippen molar-refractivity contribution in [2.75, 3.05) is 26.7 Å². The van der Waals surface area contributed by atoms with Crippen LogP contribution in [0.2, 0.25) is 0 Å². The first-order chi connectivity index (χ1) is 17.2. The molecule has 0 aromatic rings. The molecule has 4 nitrogen and oxygen atoms in total. The highest BCUT2D eigenvalue weighted by Crippen LogP contribution is 2.14. The van der Waals surface area contributed by atoms with Crippen molar-refractivity contribution >= 4 is 5.97 Å². The first-order valence-electron chi connectivity index (χ1n) is 15.7. The summed E-state index contributed by atoms with van der Waals surface area (Å²) >= 11 is 0. The van der Waals surface area contributed by atoms with Gasteiger partial charge < -0.3 is 0 Å². The minimum absolute atomic E-state index is 0.273. The molecule has 0 atom stereocenters. The molecule has 0 radical (unpaired) electrons. The Bertz CT molecular complexity index is 388. The van der Waals surface area contributed by atoms with E-state index >= 15 is 0 Å². The van der Waals surface area contributed by atoms with Crippen molar-refractivity contribution in [3.8, 4) is 0 Å². The van der Waals surface area contributed by atoms with Gasteiger partial charge in [0.15, 0.2) is 0 Å². The van der Waals surface area contributed by atoms with Gasteiger partial charge in [-0.3, -0.25) is 9.79 Å². The molecular weight excluding hydrogens is 434 g/mol. The largest absolute Gasteiger partial charge is 0.356 e. The smallest absolute Gasteiger partial charge is 0.297 e. The maximum atomic E-state index is 11.9. The Balaban J connectivity index is 3.72. The summed E-state index contributed by atoms with van der Waals surface area (Å²) in [4.78, 5) is 23.5. The molecule has 0 aliphatic rings. The van der Waals surface area contributed by atoms with E-state index in [-0.39, 0.29) is 5.97 Å². The van der Waals surface area contributed by atoms with Crippen molar-refractivity contribution in [3.05, 3.63) is 0 Å². The van der Waals surface area contributed by atoms with E-state index in [9.17, 15) is 4.79 Å². The fraction of sp³-hybridized carbons (Fsp3) is 0.968. The number of carbonyl (C=O) groups excluding carboxylic acids is 1. The molecule has 0 aliphatic heterocycles. The molecule has 0 bridgehead atoms. The summed E-state index contributed by atoms with van der Waals surface area (Å²) in [7, 11) is 1.40. The van der Waals surface area contributed by atoms with Crippen LogP contribution in [-0.2, 0) is 14.6 Å². The van der Waals surface area contributed by atoms with E-state index in [0.29, 0.717) is 6.54 Å². The molecule has 0 saturated carbocycles. The van der Waals surface area contributed by atoms with Crippen LogP contribution < -0.4 is 0 Å². The molecule has 0 unspecified atom stereocenters. The Morgan fingerprint density at radius 1 is 0.486 bits per heavy atom. The standard InChI is InChI=1S/C31H63NO3/c1-4-6-8-10-12-14-16-18-20-22-24-26-28-32(30-31(33)35-34-3)29-27-25-23-21-19-17-15-13-11-9-7-5-2/h4-30H2,1-3H3. The third-order valence-electron chi connectivity index (χ3n) is 7.18. The average Bonchev–Trinajstić information content (AvgIpc) is 2.85. The first-order valence-corrected chi connectivity index (χ1v) is 15.7. The van der Waals surface area contributed by atoms with Crippen LogP contribution in [0.5, 0.6) is 0 Å². The lowest BCUT2D eigenvalue weighted by atomic mass is 10.0. The lowest BCUT2D eigenvalue weighted by molar-refractivity contribution is -0.255. The van der Waals surface area contributed by atoms with Gasteiger partial charge in [-0.15, -0.1) is 0 Å². The number of hydrogen-bond donors (Lipinski definition) is 0. The first kappa shape index (κ1) is 34.4. The number of nitrogens with zero attached hydrogens (tertiary/aromatic N) is 1. The fourth-order valence-corrected chi connectivity index (χ4v) is 4.92. The maximum Gasteiger partial charge on any atom is 0.356 e. The number of unbranched alkanes of at least 4 members (excludes halogenated alkanes) is 22. The molecule has 0 aromatic heterocycles. The molecule has 0 saturated heterocycles. The highest BCUT2D eigenvalue weighted by atomic mass is 17.2. The minimum Gasteiger partial charge on any atom is -0.297 e. The van der Waals surface area contributed by atoms with Crippen molar-refractivity contribution in [2.24, 2.45) is 0 Å². The summed E-state index contributed by atoms with van der Waals surface area (Å²) in [6.45, 7) is 6.90. The van der Waals surface area contributed by atoms with Crippen LogP contribution in [0.4, 0.5) is 0 Å². The Morgan fingerprint density at radius 2 is 0.771 bits per heavy atom. The Kier molecular flexibility index (Phi) is 29.1.